The maximum Gasteiger partial charge on any atom is 0.132 e. The Bertz CT molecular complexity index is 593. The summed E-state index contributed by atoms with van der Waals surface area (Å²) in [5, 5.41) is 0. The van der Waals surface area contributed by atoms with Crippen molar-refractivity contribution in [3.63, 3.8) is 0 Å². The topological polar surface area (TPSA) is 19.4 Å². The summed E-state index contributed by atoms with van der Waals surface area (Å²) in [5.41, 5.74) is 4.37. The van der Waals surface area contributed by atoms with E-state index in [9.17, 15) is 0 Å². The number of anilines is 2. The number of aryl methyl sites for hydroxylation is 1. The van der Waals surface area contributed by atoms with E-state index in [0.29, 0.717) is 0 Å². The number of aromatic nitrogens is 1. The first-order valence-electron chi connectivity index (χ1n) is 7.70. The molecule has 0 unspecified atom stereocenters. The zero-order valence-corrected chi connectivity index (χ0v) is 12.9. The monoisotopic (exact) mass is 281 g/mol. The van der Waals surface area contributed by atoms with Crippen LogP contribution in [0.25, 0.3) is 0 Å². The van der Waals surface area contributed by atoms with Crippen LogP contribution >= 0.6 is 0 Å². The number of benzene rings is 1. The Kier molecular flexibility index (Phi) is 4.20. The van der Waals surface area contributed by atoms with Gasteiger partial charge in [0, 0.05) is 25.0 Å². The van der Waals surface area contributed by atoms with Crippen LogP contribution in [0.4, 0.5) is 11.5 Å². The van der Waals surface area contributed by atoms with E-state index in [2.05, 4.69) is 59.2 Å². The molecule has 0 aliphatic heterocycles. The van der Waals surface area contributed by atoms with Crippen molar-refractivity contribution in [2.24, 2.45) is 0 Å². The van der Waals surface area contributed by atoms with E-state index in [-0.39, 0.29) is 0 Å². The first kappa shape index (κ1) is 14.1. The lowest BCUT2D eigenvalue weighted by Gasteiger charge is -2.27. The molecule has 1 aliphatic rings. The molecule has 1 aromatic carbocycles. The van der Waals surface area contributed by atoms with Gasteiger partial charge in [-0.2, -0.15) is 0 Å². The van der Waals surface area contributed by atoms with E-state index in [1.807, 2.05) is 12.3 Å². The molecule has 0 N–H and O–H groups in total. The van der Waals surface area contributed by atoms with Crippen LogP contribution in [-0.2, 0) is 12.8 Å². The third kappa shape index (κ3) is 3.08. The SMILES string of the molecule is CN(C)CCN(c1ccccn1)c1cccc2c1CCC2. The van der Waals surface area contributed by atoms with Crippen molar-refractivity contribution in [1.82, 2.24) is 9.88 Å². The van der Waals surface area contributed by atoms with Crippen LogP contribution in [-0.4, -0.2) is 37.1 Å². The second-order valence-electron chi connectivity index (χ2n) is 5.91. The number of rotatable bonds is 5. The molecule has 0 radical (unpaired) electrons. The van der Waals surface area contributed by atoms with Gasteiger partial charge in [0.15, 0.2) is 0 Å². The molecule has 0 fully saturated rings. The fourth-order valence-corrected chi connectivity index (χ4v) is 3.02. The molecule has 0 amide bonds. The van der Waals surface area contributed by atoms with Gasteiger partial charge in [0.1, 0.15) is 5.82 Å². The van der Waals surface area contributed by atoms with Crippen LogP contribution in [0.1, 0.15) is 17.5 Å². The highest BCUT2D eigenvalue weighted by atomic mass is 15.2. The van der Waals surface area contributed by atoms with Crippen molar-refractivity contribution < 1.29 is 0 Å². The fraction of sp³-hybridized carbons (Fsp3) is 0.389. The van der Waals surface area contributed by atoms with Crippen LogP contribution in [0.15, 0.2) is 42.6 Å². The van der Waals surface area contributed by atoms with Gasteiger partial charge in [-0.1, -0.05) is 18.2 Å². The zero-order valence-electron chi connectivity index (χ0n) is 12.9. The average molecular weight is 281 g/mol. The summed E-state index contributed by atoms with van der Waals surface area (Å²) >= 11 is 0. The van der Waals surface area contributed by atoms with E-state index in [1.54, 1.807) is 0 Å². The van der Waals surface area contributed by atoms with Crippen molar-refractivity contribution in [2.45, 2.75) is 19.3 Å². The largest absolute Gasteiger partial charge is 0.325 e. The van der Waals surface area contributed by atoms with Crippen LogP contribution in [0.5, 0.6) is 0 Å². The molecule has 3 nitrogen and oxygen atoms in total. The predicted molar refractivity (Wildman–Crippen MR) is 88.3 cm³/mol. The van der Waals surface area contributed by atoms with Gasteiger partial charge in [-0.05, 0) is 62.7 Å². The Balaban J connectivity index is 1.97. The lowest BCUT2D eigenvalue weighted by molar-refractivity contribution is 0.418. The highest BCUT2D eigenvalue weighted by molar-refractivity contribution is 5.66. The number of hydrogen-bond acceptors (Lipinski definition) is 3. The van der Waals surface area contributed by atoms with Gasteiger partial charge in [-0.25, -0.2) is 4.98 Å². The molecule has 110 valence electrons. The second-order valence-corrected chi connectivity index (χ2v) is 5.91. The van der Waals surface area contributed by atoms with Crippen molar-refractivity contribution >= 4 is 11.5 Å². The Morgan fingerprint density at radius 1 is 1.00 bits per heavy atom. The predicted octanol–water partition coefficient (Wildman–Crippen LogP) is 3.27. The fourth-order valence-electron chi connectivity index (χ4n) is 3.02. The molecule has 0 spiro atoms. The van der Waals surface area contributed by atoms with E-state index in [0.717, 1.165) is 18.9 Å². The van der Waals surface area contributed by atoms with Gasteiger partial charge in [0.2, 0.25) is 0 Å². The molecule has 0 atom stereocenters. The molecule has 21 heavy (non-hydrogen) atoms. The minimum Gasteiger partial charge on any atom is -0.325 e. The van der Waals surface area contributed by atoms with Crippen molar-refractivity contribution in [1.29, 1.82) is 0 Å². The van der Waals surface area contributed by atoms with Gasteiger partial charge in [-0.3, -0.25) is 0 Å². The van der Waals surface area contributed by atoms with E-state index in [4.69, 9.17) is 0 Å². The minimum atomic E-state index is 0.959. The molecular weight excluding hydrogens is 258 g/mol. The summed E-state index contributed by atoms with van der Waals surface area (Å²) in [4.78, 5) is 9.15. The zero-order chi connectivity index (χ0) is 14.7. The highest BCUT2D eigenvalue weighted by Gasteiger charge is 2.19. The maximum atomic E-state index is 4.57. The molecule has 2 aromatic rings. The quantitative estimate of drug-likeness (QED) is 0.838. The van der Waals surface area contributed by atoms with Crippen LogP contribution in [0, 0.1) is 0 Å². The summed E-state index contributed by atoms with van der Waals surface area (Å²) in [6.45, 7) is 1.97. The Labute approximate surface area is 127 Å². The Hall–Kier alpha value is -1.87. The molecule has 1 heterocycles. The van der Waals surface area contributed by atoms with Gasteiger partial charge in [0.05, 0.1) is 0 Å². The smallest absolute Gasteiger partial charge is 0.132 e. The third-order valence-electron chi connectivity index (χ3n) is 4.11. The molecule has 1 aliphatic carbocycles. The molecular formula is C18H23N3. The molecule has 0 bridgehead atoms. The normalized spacial score (nSPS) is 13.5. The number of pyridine rings is 1. The Morgan fingerprint density at radius 2 is 1.90 bits per heavy atom. The number of fused-ring (bicyclic) bond motifs is 1. The van der Waals surface area contributed by atoms with Gasteiger partial charge < -0.3 is 9.80 Å². The third-order valence-corrected chi connectivity index (χ3v) is 4.11. The lowest BCUT2D eigenvalue weighted by atomic mass is 10.1. The number of likely N-dealkylation sites (N-methyl/N-ethyl adjacent to an activating group) is 1. The molecule has 3 rings (SSSR count). The number of nitrogens with zero attached hydrogens (tertiary/aromatic N) is 3. The first-order valence-corrected chi connectivity index (χ1v) is 7.70. The second kappa shape index (κ2) is 6.27. The lowest BCUT2D eigenvalue weighted by Crippen LogP contribution is -2.29. The van der Waals surface area contributed by atoms with Crippen molar-refractivity contribution in [3.8, 4) is 0 Å². The summed E-state index contributed by atoms with van der Waals surface area (Å²) < 4.78 is 0. The average Bonchev–Trinajstić information content (AvgIpc) is 2.97. The highest BCUT2D eigenvalue weighted by Crippen LogP contribution is 2.34. The number of hydrogen-bond donors (Lipinski definition) is 0. The summed E-state index contributed by atoms with van der Waals surface area (Å²) in [7, 11) is 4.23. The molecule has 3 heteroatoms. The summed E-state index contributed by atoms with van der Waals surface area (Å²) in [6.07, 6.45) is 5.56. The van der Waals surface area contributed by atoms with Gasteiger partial charge >= 0.3 is 0 Å². The van der Waals surface area contributed by atoms with Crippen molar-refractivity contribution in [3.05, 3.63) is 53.7 Å². The van der Waals surface area contributed by atoms with Crippen LogP contribution in [0.2, 0.25) is 0 Å². The van der Waals surface area contributed by atoms with Gasteiger partial charge in [-0.15, -0.1) is 0 Å². The minimum absolute atomic E-state index is 0.959. The maximum absolute atomic E-state index is 4.57. The van der Waals surface area contributed by atoms with Gasteiger partial charge in [0.25, 0.3) is 0 Å². The summed E-state index contributed by atoms with van der Waals surface area (Å²) in [6, 6.07) is 12.8. The standard InChI is InChI=1S/C18H23N3/c1-20(2)13-14-21(18-11-3-4-12-19-18)17-10-6-8-15-7-5-9-16(15)17/h3-4,6,8,10-12H,5,7,9,13-14H2,1-2H3. The Morgan fingerprint density at radius 3 is 2.67 bits per heavy atom. The van der Waals surface area contributed by atoms with Crippen LogP contribution < -0.4 is 4.90 Å². The first-order chi connectivity index (χ1) is 10.3. The van der Waals surface area contributed by atoms with Crippen LogP contribution in [0.3, 0.4) is 0 Å². The molecule has 0 saturated carbocycles. The van der Waals surface area contributed by atoms with E-state index >= 15 is 0 Å². The molecule has 1 aromatic heterocycles. The summed E-state index contributed by atoms with van der Waals surface area (Å²) in [5.74, 6) is 1.04. The van der Waals surface area contributed by atoms with Crippen molar-refractivity contribution in [2.75, 3.05) is 32.1 Å². The van der Waals surface area contributed by atoms with E-state index in [1.165, 1.54) is 36.1 Å². The molecule has 0 saturated heterocycles. The van der Waals surface area contributed by atoms with E-state index < -0.39 is 0 Å².